The molecule has 24 heavy (non-hydrogen) atoms. The number of nitro groups is 1. The second-order valence-electron chi connectivity index (χ2n) is 7.63. The molecule has 134 valence electrons. The molecule has 6 nitrogen and oxygen atoms in total. The average molecular weight is 335 g/mol. The molecule has 1 unspecified atom stereocenters. The highest BCUT2D eigenvalue weighted by atomic mass is 16.6. The number of non-ortho nitro benzene ring substituents is 1. The molecule has 1 heterocycles. The number of piperidine rings is 1. The zero-order valence-corrected chi connectivity index (χ0v) is 14.9. The summed E-state index contributed by atoms with van der Waals surface area (Å²) in [6.45, 7) is 9.00. The lowest BCUT2D eigenvalue weighted by Crippen LogP contribution is -2.45. The first-order valence-electron chi connectivity index (χ1n) is 8.68. The van der Waals surface area contributed by atoms with E-state index in [0.717, 1.165) is 44.6 Å². The minimum atomic E-state index is -0.366. The van der Waals surface area contributed by atoms with Crippen molar-refractivity contribution >= 4 is 11.4 Å². The standard InChI is InChI=1S/C18H29N3O3/c1-14(22)12-18(2,3)13-19-15-8-10-20(11-9-15)16-4-6-17(7-5-16)21(23)24/h4-7,14-15,19,22H,8-13H2,1-3H3. The minimum Gasteiger partial charge on any atom is -0.393 e. The van der Waals surface area contributed by atoms with Crippen molar-refractivity contribution < 1.29 is 10.0 Å². The van der Waals surface area contributed by atoms with Gasteiger partial charge in [0.15, 0.2) is 0 Å². The van der Waals surface area contributed by atoms with E-state index in [4.69, 9.17) is 0 Å². The Morgan fingerprint density at radius 1 is 1.33 bits per heavy atom. The minimum absolute atomic E-state index is 0.0870. The number of anilines is 1. The van der Waals surface area contributed by atoms with Gasteiger partial charge in [0.1, 0.15) is 0 Å². The third-order valence-corrected chi connectivity index (χ3v) is 4.64. The number of nitro benzene ring substituents is 1. The number of rotatable bonds is 7. The highest BCUT2D eigenvalue weighted by molar-refractivity contribution is 5.51. The molecule has 0 spiro atoms. The van der Waals surface area contributed by atoms with E-state index in [0.29, 0.717) is 6.04 Å². The number of nitrogens with one attached hydrogen (secondary N) is 1. The molecule has 0 bridgehead atoms. The second-order valence-corrected chi connectivity index (χ2v) is 7.63. The van der Waals surface area contributed by atoms with Gasteiger partial charge >= 0.3 is 0 Å². The van der Waals surface area contributed by atoms with E-state index in [9.17, 15) is 15.2 Å². The van der Waals surface area contributed by atoms with Gasteiger partial charge in [-0.05, 0) is 43.7 Å². The van der Waals surface area contributed by atoms with Crippen molar-refractivity contribution in [2.45, 2.75) is 52.2 Å². The average Bonchev–Trinajstić information content (AvgIpc) is 2.52. The quantitative estimate of drug-likeness (QED) is 0.592. The van der Waals surface area contributed by atoms with Gasteiger partial charge in [0.2, 0.25) is 0 Å². The summed E-state index contributed by atoms with van der Waals surface area (Å²) >= 11 is 0. The number of aliphatic hydroxyl groups excluding tert-OH is 1. The normalized spacial score (nSPS) is 17.8. The number of nitrogens with zero attached hydrogens (tertiary/aromatic N) is 2. The van der Waals surface area contributed by atoms with Gasteiger partial charge in [-0.15, -0.1) is 0 Å². The third-order valence-electron chi connectivity index (χ3n) is 4.64. The zero-order valence-electron chi connectivity index (χ0n) is 14.9. The van der Waals surface area contributed by atoms with Crippen molar-refractivity contribution in [3.63, 3.8) is 0 Å². The van der Waals surface area contributed by atoms with E-state index in [2.05, 4.69) is 24.1 Å². The highest BCUT2D eigenvalue weighted by Gasteiger charge is 2.24. The van der Waals surface area contributed by atoms with Crippen molar-refractivity contribution in [3.8, 4) is 0 Å². The van der Waals surface area contributed by atoms with Crippen molar-refractivity contribution in [1.82, 2.24) is 5.32 Å². The molecule has 1 atom stereocenters. The van der Waals surface area contributed by atoms with Gasteiger partial charge in [-0.2, -0.15) is 0 Å². The lowest BCUT2D eigenvalue weighted by molar-refractivity contribution is -0.384. The molecule has 0 saturated carbocycles. The smallest absolute Gasteiger partial charge is 0.269 e. The first-order chi connectivity index (χ1) is 11.3. The molecule has 2 rings (SSSR count). The molecule has 0 amide bonds. The number of hydrogen-bond acceptors (Lipinski definition) is 5. The maximum absolute atomic E-state index is 10.7. The van der Waals surface area contributed by atoms with Gasteiger partial charge in [0.05, 0.1) is 11.0 Å². The Hall–Kier alpha value is -1.66. The van der Waals surface area contributed by atoms with Crippen LogP contribution in [0.2, 0.25) is 0 Å². The van der Waals surface area contributed by atoms with Crippen LogP contribution in [0.25, 0.3) is 0 Å². The number of hydrogen-bond donors (Lipinski definition) is 2. The van der Waals surface area contributed by atoms with Gasteiger partial charge in [-0.25, -0.2) is 0 Å². The Balaban J connectivity index is 1.80. The molecule has 1 aliphatic rings. The van der Waals surface area contributed by atoms with Gasteiger partial charge in [-0.1, -0.05) is 13.8 Å². The molecule has 0 aliphatic carbocycles. The molecule has 2 N–H and O–H groups in total. The summed E-state index contributed by atoms with van der Waals surface area (Å²) in [5.74, 6) is 0. The summed E-state index contributed by atoms with van der Waals surface area (Å²) in [7, 11) is 0. The fraction of sp³-hybridized carbons (Fsp3) is 0.667. The predicted octanol–water partition coefficient (Wildman–Crippen LogP) is 2.95. The first kappa shape index (κ1) is 18.7. The highest BCUT2D eigenvalue weighted by Crippen LogP contribution is 2.25. The van der Waals surface area contributed by atoms with Crippen LogP contribution in [0.5, 0.6) is 0 Å². The van der Waals surface area contributed by atoms with E-state index in [1.165, 1.54) is 0 Å². The van der Waals surface area contributed by atoms with E-state index in [1.807, 2.05) is 19.1 Å². The fourth-order valence-corrected chi connectivity index (χ4v) is 3.42. The molecule has 0 aromatic heterocycles. The molecule has 1 aliphatic heterocycles. The molecular formula is C18H29N3O3. The molecule has 1 fully saturated rings. The van der Waals surface area contributed by atoms with E-state index >= 15 is 0 Å². The van der Waals surface area contributed by atoms with Crippen molar-refractivity contribution in [1.29, 1.82) is 0 Å². The van der Waals surface area contributed by atoms with Crippen LogP contribution in [0.1, 0.15) is 40.0 Å². The lowest BCUT2D eigenvalue weighted by atomic mass is 9.86. The van der Waals surface area contributed by atoms with Crippen molar-refractivity contribution in [2.75, 3.05) is 24.5 Å². The molecular weight excluding hydrogens is 306 g/mol. The van der Waals surface area contributed by atoms with Gasteiger partial charge in [0, 0.05) is 43.5 Å². The van der Waals surface area contributed by atoms with Gasteiger partial charge < -0.3 is 15.3 Å². The van der Waals surface area contributed by atoms with Crippen molar-refractivity contribution in [2.24, 2.45) is 5.41 Å². The summed E-state index contributed by atoms with van der Waals surface area (Å²) < 4.78 is 0. The first-order valence-corrected chi connectivity index (χ1v) is 8.68. The molecule has 1 aromatic carbocycles. The topological polar surface area (TPSA) is 78.6 Å². The van der Waals surface area contributed by atoms with Crippen LogP contribution in [-0.4, -0.2) is 41.8 Å². The van der Waals surface area contributed by atoms with E-state index in [-0.39, 0.29) is 22.1 Å². The SMILES string of the molecule is CC(O)CC(C)(C)CNC1CCN(c2ccc([N+](=O)[O-])cc2)CC1. The van der Waals surface area contributed by atoms with Crippen LogP contribution in [-0.2, 0) is 0 Å². The van der Waals surface area contributed by atoms with E-state index < -0.39 is 0 Å². The van der Waals surface area contributed by atoms with Crippen molar-refractivity contribution in [3.05, 3.63) is 34.4 Å². The number of aliphatic hydroxyl groups is 1. The summed E-state index contributed by atoms with van der Waals surface area (Å²) in [4.78, 5) is 12.6. The van der Waals surface area contributed by atoms with Crippen LogP contribution in [0.3, 0.4) is 0 Å². The van der Waals surface area contributed by atoms with Gasteiger partial charge in [0.25, 0.3) is 5.69 Å². The Labute approximate surface area is 144 Å². The molecule has 1 saturated heterocycles. The van der Waals surface area contributed by atoms with Crippen LogP contribution >= 0.6 is 0 Å². The maximum atomic E-state index is 10.7. The molecule has 6 heteroatoms. The molecule has 0 radical (unpaired) electrons. The fourth-order valence-electron chi connectivity index (χ4n) is 3.42. The monoisotopic (exact) mass is 335 g/mol. The van der Waals surface area contributed by atoms with Crippen LogP contribution < -0.4 is 10.2 Å². The van der Waals surface area contributed by atoms with Crippen LogP contribution in [0.15, 0.2) is 24.3 Å². The predicted molar refractivity (Wildman–Crippen MR) is 96.4 cm³/mol. The Morgan fingerprint density at radius 2 is 1.92 bits per heavy atom. The summed E-state index contributed by atoms with van der Waals surface area (Å²) in [6, 6.07) is 7.29. The summed E-state index contributed by atoms with van der Waals surface area (Å²) in [6.07, 6.45) is 2.64. The van der Waals surface area contributed by atoms with Gasteiger partial charge in [-0.3, -0.25) is 10.1 Å². The largest absolute Gasteiger partial charge is 0.393 e. The number of benzene rings is 1. The Bertz CT molecular complexity index is 535. The third kappa shape index (κ3) is 5.46. The summed E-state index contributed by atoms with van der Waals surface area (Å²) in [5.41, 5.74) is 1.27. The molecule has 1 aromatic rings. The zero-order chi connectivity index (χ0) is 17.7. The van der Waals surface area contributed by atoms with Crippen LogP contribution in [0.4, 0.5) is 11.4 Å². The van der Waals surface area contributed by atoms with Crippen LogP contribution in [0, 0.1) is 15.5 Å². The maximum Gasteiger partial charge on any atom is 0.269 e. The lowest BCUT2D eigenvalue weighted by Gasteiger charge is -2.36. The summed E-state index contributed by atoms with van der Waals surface area (Å²) in [5, 5.41) is 23.9. The van der Waals surface area contributed by atoms with E-state index in [1.54, 1.807) is 12.1 Å². The Morgan fingerprint density at radius 3 is 2.42 bits per heavy atom. The Kier molecular flexibility index (Phi) is 6.18. The second kappa shape index (κ2) is 7.94.